The van der Waals surface area contributed by atoms with Crippen molar-refractivity contribution in [1.29, 1.82) is 0 Å². The maximum Gasteiger partial charge on any atom is 0.421 e. The number of carbonyl (C=O) groups excluding carboxylic acids is 2. The molecule has 0 unspecified atom stereocenters. The van der Waals surface area contributed by atoms with E-state index in [-0.39, 0.29) is 15.8 Å². The first-order valence-corrected chi connectivity index (χ1v) is 11.7. The molecule has 0 saturated heterocycles. The van der Waals surface area contributed by atoms with Crippen molar-refractivity contribution in [2.45, 2.75) is 20.0 Å². The Labute approximate surface area is 214 Å². The van der Waals surface area contributed by atoms with Crippen molar-refractivity contribution < 1.29 is 37.0 Å². The molecule has 4 rings (SSSR count). The minimum Gasteiger partial charge on any atom is -0.495 e. The van der Waals surface area contributed by atoms with Crippen molar-refractivity contribution in [3.63, 3.8) is 0 Å². The summed E-state index contributed by atoms with van der Waals surface area (Å²) in [5, 5.41) is 0.922. The van der Waals surface area contributed by atoms with E-state index in [0.29, 0.717) is 38.1 Å². The van der Waals surface area contributed by atoms with Crippen molar-refractivity contribution in [3.8, 4) is 28.4 Å². The van der Waals surface area contributed by atoms with Crippen molar-refractivity contribution in [1.82, 2.24) is 0 Å². The third-order valence-electron chi connectivity index (χ3n) is 5.49. The summed E-state index contributed by atoms with van der Waals surface area (Å²) in [5.74, 6) is -1.36. The Morgan fingerprint density at radius 3 is 1.95 bits per heavy atom. The molecule has 0 aliphatic rings. The summed E-state index contributed by atoms with van der Waals surface area (Å²) in [5.41, 5.74) is 0.557. The third kappa shape index (κ3) is 4.95. The summed E-state index contributed by atoms with van der Waals surface area (Å²) in [6.45, 7) is 9.88. The van der Waals surface area contributed by atoms with Gasteiger partial charge in [-0.15, -0.1) is 11.3 Å². The molecule has 0 fully saturated rings. The zero-order chi connectivity index (χ0) is 27.1. The molecule has 4 aromatic rings. The quantitative estimate of drug-likeness (QED) is 0.146. The summed E-state index contributed by atoms with van der Waals surface area (Å²) in [6, 6.07) is 12.8. The van der Waals surface area contributed by atoms with Gasteiger partial charge in [-0.1, -0.05) is 31.4 Å². The van der Waals surface area contributed by atoms with Gasteiger partial charge in [0.15, 0.2) is 0 Å². The lowest BCUT2D eigenvalue weighted by atomic mass is 10.0. The van der Waals surface area contributed by atoms with E-state index in [1.165, 1.54) is 20.1 Å². The van der Waals surface area contributed by atoms with Gasteiger partial charge in [-0.05, 0) is 49.7 Å². The fraction of sp³-hybridized carbons (Fsp3) is 0.143. The molecule has 0 bridgehead atoms. The van der Waals surface area contributed by atoms with E-state index in [1.54, 1.807) is 43.3 Å². The molecule has 0 aliphatic heterocycles. The Morgan fingerprint density at radius 2 is 1.38 bits per heavy atom. The lowest BCUT2D eigenvalue weighted by Gasteiger charge is -2.13. The number of methoxy groups -OCH3 is 1. The molecule has 0 spiro atoms. The molecule has 5 nitrogen and oxygen atoms in total. The van der Waals surface area contributed by atoms with Crippen LogP contribution in [0.3, 0.4) is 0 Å². The van der Waals surface area contributed by atoms with E-state index in [1.807, 2.05) is 0 Å². The van der Waals surface area contributed by atoms with Gasteiger partial charge in [0.1, 0.15) is 22.8 Å². The molecule has 0 amide bonds. The van der Waals surface area contributed by atoms with Crippen LogP contribution in [-0.4, -0.2) is 19.0 Å². The number of hydrogen-bond donors (Lipinski definition) is 0. The average Bonchev–Trinajstić information content (AvgIpc) is 3.21. The second-order valence-corrected chi connectivity index (χ2v) is 9.32. The van der Waals surface area contributed by atoms with Gasteiger partial charge in [-0.25, -0.2) is 9.59 Å². The number of benzene rings is 3. The summed E-state index contributed by atoms with van der Waals surface area (Å²) in [4.78, 5) is 23.7. The number of fused-ring (bicyclic) bond motifs is 3. The van der Waals surface area contributed by atoms with E-state index < -0.39 is 29.4 Å². The van der Waals surface area contributed by atoms with Crippen LogP contribution in [0.1, 0.15) is 19.4 Å². The zero-order valence-corrected chi connectivity index (χ0v) is 20.9. The third-order valence-corrected chi connectivity index (χ3v) is 6.73. The monoisotopic (exact) mass is 526 g/mol. The minimum absolute atomic E-state index is 0.0173. The van der Waals surface area contributed by atoms with Crippen LogP contribution in [-0.2, 0) is 15.8 Å². The number of thiophene rings is 1. The Morgan fingerprint density at radius 1 is 0.811 bits per heavy atom. The van der Waals surface area contributed by atoms with E-state index in [0.717, 1.165) is 17.4 Å². The van der Waals surface area contributed by atoms with Gasteiger partial charge >= 0.3 is 18.1 Å². The molecular weight excluding hydrogens is 505 g/mol. The van der Waals surface area contributed by atoms with Crippen LogP contribution in [0, 0.1) is 0 Å². The molecule has 190 valence electrons. The number of rotatable bonds is 6. The highest BCUT2D eigenvalue weighted by Crippen LogP contribution is 2.50. The van der Waals surface area contributed by atoms with Crippen molar-refractivity contribution >= 4 is 43.4 Å². The SMILES string of the molecule is C=C(C)C(=O)Oc1ccc(-c2ccc3c(sc4c(C(F)(F)F)c(OC(=O)C(=C)C)ccc43)c2OC)cc1. The smallest absolute Gasteiger partial charge is 0.421 e. The van der Waals surface area contributed by atoms with Gasteiger partial charge in [-0.3, -0.25) is 0 Å². The first-order chi connectivity index (χ1) is 17.4. The van der Waals surface area contributed by atoms with Gasteiger partial charge in [0.05, 0.1) is 16.5 Å². The zero-order valence-electron chi connectivity index (χ0n) is 20.1. The predicted molar refractivity (Wildman–Crippen MR) is 137 cm³/mol. The number of ether oxygens (including phenoxy) is 3. The Kier molecular flexibility index (Phi) is 6.84. The van der Waals surface area contributed by atoms with Gasteiger partial charge in [0, 0.05) is 27.5 Å². The minimum atomic E-state index is -4.78. The lowest BCUT2D eigenvalue weighted by molar-refractivity contribution is -0.140. The lowest BCUT2D eigenvalue weighted by Crippen LogP contribution is -2.14. The predicted octanol–water partition coefficient (Wildman–Crippen LogP) is 7.71. The van der Waals surface area contributed by atoms with Crippen molar-refractivity contribution in [2.24, 2.45) is 0 Å². The van der Waals surface area contributed by atoms with Crippen LogP contribution in [0.25, 0.3) is 31.3 Å². The molecule has 0 N–H and O–H groups in total. The van der Waals surface area contributed by atoms with Gasteiger partial charge in [0.2, 0.25) is 0 Å². The maximum atomic E-state index is 14.2. The largest absolute Gasteiger partial charge is 0.495 e. The highest BCUT2D eigenvalue weighted by molar-refractivity contribution is 7.26. The number of halogens is 3. The van der Waals surface area contributed by atoms with Crippen LogP contribution in [0.4, 0.5) is 13.2 Å². The fourth-order valence-corrected chi connectivity index (χ4v) is 5.11. The Hall–Kier alpha value is -4.11. The van der Waals surface area contributed by atoms with Crippen LogP contribution >= 0.6 is 11.3 Å². The highest BCUT2D eigenvalue weighted by Gasteiger charge is 2.38. The van der Waals surface area contributed by atoms with E-state index in [4.69, 9.17) is 14.2 Å². The molecule has 0 saturated carbocycles. The molecule has 1 aromatic heterocycles. The second kappa shape index (κ2) is 9.74. The molecule has 1 heterocycles. The summed E-state index contributed by atoms with van der Waals surface area (Å²) >= 11 is 0.902. The summed E-state index contributed by atoms with van der Waals surface area (Å²) in [7, 11) is 1.44. The van der Waals surface area contributed by atoms with Crippen LogP contribution in [0.15, 0.2) is 72.8 Å². The van der Waals surface area contributed by atoms with E-state index >= 15 is 0 Å². The maximum absolute atomic E-state index is 14.2. The molecular formula is C28H21F3O5S. The summed E-state index contributed by atoms with van der Waals surface area (Å²) < 4.78 is 58.9. The second-order valence-electron chi connectivity index (χ2n) is 8.30. The molecule has 9 heteroatoms. The van der Waals surface area contributed by atoms with Crippen molar-refractivity contribution in [3.05, 3.63) is 78.4 Å². The first kappa shape index (κ1) is 26.0. The van der Waals surface area contributed by atoms with Crippen molar-refractivity contribution in [2.75, 3.05) is 7.11 Å². The number of carbonyl (C=O) groups is 2. The van der Waals surface area contributed by atoms with Crippen LogP contribution in [0.5, 0.6) is 17.2 Å². The van der Waals surface area contributed by atoms with Gasteiger partial charge in [-0.2, -0.15) is 13.2 Å². The van der Waals surface area contributed by atoms with E-state index in [9.17, 15) is 22.8 Å². The molecule has 0 atom stereocenters. The molecule has 3 aromatic carbocycles. The number of alkyl halides is 3. The Balaban J connectivity index is 1.87. The van der Waals surface area contributed by atoms with Crippen LogP contribution in [0.2, 0.25) is 0 Å². The fourth-order valence-electron chi connectivity index (χ4n) is 3.73. The van der Waals surface area contributed by atoms with Gasteiger partial charge < -0.3 is 14.2 Å². The molecule has 0 aliphatic carbocycles. The topological polar surface area (TPSA) is 61.8 Å². The standard InChI is InChI=1S/C28H21F3O5S/c1-14(2)26(32)35-17-8-6-16(7-9-17)18-10-11-20-19-12-13-21(36-27(33)15(3)4)22(28(29,30)31)24(19)37-25(20)23(18)34-5/h6-13H,1,3H2,2,4-5H3. The van der Waals surface area contributed by atoms with Gasteiger partial charge in [0.25, 0.3) is 0 Å². The highest BCUT2D eigenvalue weighted by atomic mass is 32.1. The van der Waals surface area contributed by atoms with E-state index in [2.05, 4.69) is 13.2 Å². The Bertz CT molecular complexity index is 1580. The first-order valence-electron chi connectivity index (χ1n) is 10.9. The molecule has 0 radical (unpaired) electrons. The average molecular weight is 527 g/mol. The number of hydrogen-bond acceptors (Lipinski definition) is 6. The summed E-state index contributed by atoms with van der Waals surface area (Å²) in [6.07, 6.45) is -4.78. The number of esters is 2. The van der Waals surface area contributed by atoms with Crippen LogP contribution < -0.4 is 14.2 Å². The molecule has 37 heavy (non-hydrogen) atoms. The normalized spacial score (nSPS) is 11.4.